The summed E-state index contributed by atoms with van der Waals surface area (Å²) in [5, 5.41) is 0. The van der Waals surface area contributed by atoms with E-state index in [9.17, 15) is 13.2 Å². The second-order valence-corrected chi connectivity index (χ2v) is 4.57. The van der Waals surface area contributed by atoms with Crippen LogP contribution in [-0.4, -0.2) is 38.0 Å². The molecule has 106 valence electrons. The number of halogens is 3. The lowest BCUT2D eigenvalue weighted by Crippen LogP contribution is -2.20. The Kier molecular flexibility index (Phi) is 4.31. The van der Waals surface area contributed by atoms with Gasteiger partial charge in [0.25, 0.3) is 0 Å². The zero-order valence-electron chi connectivity index (χ0n) is 10.6. The predicted octanol–water partition coefficient (Wildman–Crippen LogP) is 2.98. The van der Waals surface area contributed by atoms with Crippen LogP contribution in [-0.2, 0) is 4.74 Å². The van der Waals surface area contributed by atoms with Crippen LogP contribution in [0.4, 0.5) is 13.2 Å². The van der Waals surface area contributed by atoms with Crippen LogP contribution in [0.1, 0.15) is 18.1 Å². The summed E-state index contributed by atoms with van der Waals surface area (Å²) in [6, 6.07) is 5.88. The van der Waals surface area contributed by atoms with E-state index in [4.69, 9.17) is 4.74 Å². The summed E-state index contributed by atoms with van der Waals surface area (Å²) in [5.74, 6) is -0.206. The van der Waals surface area contributed by atoms with Crippen LogP contribution < -0.4 is 4.74 Å². The molecule has 0 bridgehead atoms. The number of ether oxygens (including phenoxy) is 2. The highest BCUT2D eigenvalue weighted by Gasteiger charge is 2.31. The first-order valence-electron chi connectivity index (χ1n) is 6.10. The fourth-order valence-electron chi connectivity index (χ4n) is 2.03. The van der Waals surface area contributed by atoms with E-state index in [0.29, 0.717) is 6.61 Å². The van der Waals surface area contributed by atoms with Gasteiger partial charge in [-0.2, -0.15) is 0 Å². The number of hydrogen-bond donors (Lipinski definition) is 0. The van der Waals surface area contributed by atoms with Gasteiger partial charge in [0.1, 0.15) is 5.75 Å². The van der Waals surface area contributed by atoms with Crippen molar-refractivity contribution in [2.75, 3.05) is 26.7 Å². The van der Waals surface area contributed by atoms with E-state index in [-0.39, 0.29) is 11.9 Å². The van der Waals surface area contributed by atoms with E-state index >= 15 is 0 Å². The molecule has 1 saturated heterocycles. The first kappa shape index (κ1) is 14.1. The molecule has 19 heavy (non-hydrogen) atoms. The van der Waals surface area contributed by atoms with Crippen molar-refractivity contribution in [3.63, 3.8) is 0 Å². The Labute approximate surface area is 109 Å². The normalized spacial score (nSPS) is 22.0. The van der Waals surface area contributed by atoms with Crippen LogP contribution >= 0.6 is 0 Å². The number of benzene rings is 1. The third kappa shape index (κ3) is 4.40. The Morgan fingerprint density at radius 3 is 2.53 bits per heavy atom. The first-order valence-corrected chi connectivity index (χ1v) is 6.10. The molecule has 0 N–H and O–H groups in total. The molecule has 0 aromatic heterocycles. The lowest BCUT2D eigenvalue weighted by atomic mass is 10.1. The van der Waals surface area contributed by atoms with Gasteiger partial charge in [0.2, 0.25) is 0 Å². The molecule has 0 spiro atoms. The van der Waals surface area contributed by atoms with Gasteiger partial charge in [0.05, 0.1) is 12.7 Å². The first-order chi connectivity index (χ1) is 8.94. The van der Waals surface area contributed by atoms with Gasteiger partial charge < -0.3 is 14.4 Å². The summed E-state index contributed by atoms with van der Waals surface area (Å²) in [6.45, 7) is 2.40. The second-order valence-electron chi connectivity index (χ2n) is 4.57. The third-order valence-electron chi connectivity index (χ3n) is 3.05. The van der Waals surface area contributed by atoms with Crippen LogP contribution in [0.25, 0.3) is 0 Å². The number of likely N-dealkylation sites (N-methyl/N-ethyl adjacent to an activating group) is 1. The van der Waals surface area contributed by atoms with Gasteiger partial charge in [-0.15, -0.1) is 13.2 Å². The van der Waals surface area contributed by atoms with Gasteiger partial charge in [-0.3, -0.25) is 0 Å². The van der Waals surface area contributed by atoms with Crippen molar-refractivity contribution >= 4 is 0 Å². The van der Waals surface area contributed by atoms with Crippen molar-refractivity contribution in [2.24, 2.45) is 0 Å². The van der Waals surface area contributed by atoms with E-state index in [1.165, 1.54) is 12.1 Å². The van der Waals surface area contributed by atoms with E-state index in [1.54, 1.807) is 12.1 Å². The SMILES string of the molecule is CN1CCOC(c2ccc(OC(F)(F)F)cc2)CC1. The molecule has 0 saturated carbocycles. The average Bonchev–Trinajstić information content (AvgIpc) is 2.53. The lowest BCUT2D eigenvalue weighted by molar-refractivity contribution is -0.274. The summed E-state index contributed by atoms with van der Waals surface area (Å²) < 4.78 is 45.7. The summed E-state index contributed by atoms with van der Waals surface area (Å²) in [7, 11) is 2.02. The fraction of sp³-hybridized carbons (Fsp3) is 0.538. The predicted molar refractivity (Wildman–Crippen MR) is 63.9 cm³/mol. The summed E-state index contributed by atoms with van der Waals surface area (Å²) in [4.78, 5) is 2.17. The average molecular weight is 275 g/mol. The van der Waals surface area contributed by atoms with Crippen LogP contribution in [0, 0.1) is 0 Å². The monoisotopic (exact) mass is 275 g/mol. The van der Waals surface area contributed by atoms with Gasteiger partial charge in [-0.05, 0) is 31.2 Å². The maximum Gasteiger partial charge on any atom is 0.573 e. The molecule has 6 heteroatoms. The van der Waals surface area contributed by atoms with Crippen molar-refractivity contribution in [3.8, 4) is 5.75 Å². The Morgan fingerprint density at radius 2 is 1.89 bits per heavy atom. The maximum absolute atomic E-state index is 12.0. The Bertz CT molecular complexity index is 405. The van der Waals surface area contributed by atoms with E-state index < -0.39 is 6.36 Å². The van der Waals surface area contributed by atoms with Crippen molar-refractivity contribution in [3.05, 3.63) is 29.8 Å². The Morgan fingerprint density at radius 1 is 1.21 bits per heavy atom. The van der Waals surface area contributed by atoms with Gasteiger partial charge in [0.15, 0.2) is 0 Å². The number of alkyl halides is 3. The molecular weight excluding hydrogens is 259 g/mol. The number of rotatable bonds is 2. The van der Waals surface area contributed by atoms with Crippen molar-refractivity contribution in [1.82, 2.24) is 4.90 Å². The van der Waals surface area contributed by atoms with Crippen LogP contribution in [0.15, 0.2) is 24.3 Å². The second kappa shape index (κ2) is 5.79. The molecule has 1 aromatic rings. The van der Waals surface area contributed by atoms with Crippen LogP contribution in [0.5, 0.6) is 5.75 Å². The highest BCUT2D eigenvalue weighted by molar-refractivity contribution is 5.28. The minimum Gasteiger partial charge on any atom is -0.406 e. The largest absolute Gasteiger partial charge is 0.573 e. The highest BCUT2D eigenvalue weighted by atomic mass is 19.4. The standard InChI is InChI=1S/C13H16F3NO2/c1-17-7-6-12(18-9-8-17)10-2-4-11(5-3-10)19-13(14,15)16/h2-5,12H,6-9H2,1H3. The lowest BCUT2D eigenvalue weighted by Gasteiger charge is -2.16. The molecule has 2 rings (SSSR count). The smallest absolute Gasteiger partial charge is 0.406 e. The van der Waals surface area contributed by atoms with Crippen LogP contribution in [0.2, 0.25) is 0 Å². The van der Waals surface area contributed by atoms with E-state index in [2.05, 4.69) is 9.64 Å². The number of nitrogens with zero attached hydrogens (tertiary/aromatic N) is 1. The minimum absolute atomic E-state index is 0.0649. The molecule has 1 aliphatic heterocycles. The molecule has 1 aromatic carbocycles. The molecule has 0 amide bonds. The van der Waals surface area contributed by atoms with Crippen molar-refractivity contribution in [1.29, 1.82) is 0 Å². The Hall–Kier alpha value is -1.27. The van der Waals surface area contributed by atoms with E-state index in [1.807, 2.05) is 7.05 Å². The molecule has 1 aliphatic rings. The molecular formula is C13H16F3NO2. The molecule has 1 heterocycles. The quantitative estimate of drug-likeness (QED) is 0.828. The minimum atomic E-state index is -4.65. The number of hydrogen-bond acceptors (Lipinski definition) is 3. The van der Waals surface area contributed by atoms with Gasteiger partial charge in [-0.1, -0.05) is 12.1 Å². The molecule has 0 radical (unpaired) electrons. The summed E-state index contributed by atoms with van der Waals surface area (Å²) in [6.07, 6.45) is -3.89. The molecule has 1 unspecified atom stereocenters. The van der Waals surface area contributed by atoms with E-state index in [0.717, 1.165) is 25.1 Å². The molecule has 1 atom stereocenters. The highest BCUT2D eigenvalue weighted by Crippen LogP contribution is 2.27. The van der Waals surface area contributed by atoms with Crippen molar-refractivity contribution < 1.29 is 22.6 Å². The molecule has 3 nitrogen and oxygen atoms in total. The van der Waals surface area contributed by atoms with Crippen molar-refractivity contribution in [2.45, 2.75) is 18.9 Å². The van der Waals surface area contributed by atoms with Crippen LogP contribution in [0.3, 0.4) is 0 Å². The molecule has 0 aliphatic carbocycles. The maximum atomic E-state index is 12.0. The van der Waals surface area contributed by atoms with Gasteiger partial charge >= 0.3 is 6.36 Å². The topological polar surface area (TPSA) is 21.7 Å². The van der Waals surface area contributed by atoms with Gasteiger partial charge in [-0.25, -0.2) is 0 Å². The zero-order valence-corrected chi connectivity index (χ0v) is 10.6. The Balaban J connectivity index is 2.01. The summed E-state index contributed by atoms with van der Waals surface area (Å²) >= 11 is 0. The molecule has 1 fully saturated rings. The van der Waals surface area contributed by atoms with Gasteiger partial charge in [0, 0.05) is 13.1 Å². The zero-order chi connectivity index (χ0) is 13.9. The fourth-order valence-corrected chi connectivity index (χ4v) is 2.03. The summed E-state index contributed by atoms with van der Waals surface area (Å²) in [5.41, 5.74) is 0.879. The third-order valence-corrected chi connectivity index (χ3v) is 3.05.